The first-order valence-corrected chi connectivity index (χ1v) is 3.58. The molecule has 11 heavy (non-hydrogen) atoms. The molecular weight excluding hydrogens is 140 g/mol. The molecule has 2 nitrogen and oxygen atoms in total. The zero-order valence-electron chi connectivity index (χ0n) is 7.09. The van der Waals surface area contributed by atoms with Crippen LogP contribution in [-0.4, -0.2) is 12.6 Å². The average Bonchev–Trinajstić information content (AvgIpc) is 1.89. The Morgan fingerprint density at radius 3 is 2.27 bits per heavy atom. The number of carbonyl (C=O) groups excluding carboxylic acids is 2. The molecule has 2 heteroatoms. The van der Waals surface area contributed by atoms with Gasteiger partial charge in [0.15, 0.2) is 5.78 Å². The number of hydrogen-bond acceptors (Lipinski definition) is 2. The molecule has 0 unspecified atom stereocenters. The summed E-state index contributed by atoms with van der Waals surface area (Å²) in [5.41, 5.74) is 0.214. The van der Waals surface area contributed by atoms with E-state index in [1.54, 1.807) is 6.08 Å². The SMILES string of the molecule is C=O.CC1(C)CC=CC(=O)C1. The molecule has 0 heterocycles. The van der Waals surface area contributed by atoms with E-state index in [-0.39, 0.29) is 11.2 Å². The van der Waals surface area contributed by atoms with Crippen LogP contribution in [0.2, 0.25) is 0 Å². The molecule has 0 spiro atoms. The Kier molecular flexibility index (Phi) is 3.72. The van der Waals surface area contributed by atoms with Gasteiger partial charge in [-0.3, -0.25) is 4.79 Å². The fourth-order valence-electron chi connectivity index (χ4n) is 1.11. The Morgan fingerprint density at radius 1 is 1.45 bits per heavy atom. The standard InChI is InChI=1S/C8H12O.CH2O/c1-8(2)5-3-4-7(9)6-8;1-2/h3-4H,5-6H2,1-2H3;1H2. The molecule has 0 radical (unpaired) electrons. The highest BCUT2D eigenvalue weighted by Gasteiger charge is 2.22. The Morgan fingerprint density at radius 2 is 2.00 bits per heavy atom. The zero-order chi connectivity index (χ0) is 8.91. The van der Waals surface area contributed by atoms with E-state index in [1.165, 1.54) is 0 Å². The Bertz CT molecular complexity index is 168. The van der Waals surface area contributed by atoms with Crippen molar-refractivity contribution < 1.29 is 9.59 Å². The van der Waals surface area contributed by atoms with Gasteiger partial charge in [-0.2, -0.15) is 0 Å². The lowest BCUT2D eigenvalue weighted by Gasteiger charge is -2.23. The maximum absolute atomic E-state index is 10.8. The Hall–Kier alpha value is -0.920. The third-order valence-electron chi connectivity index (χ3n) is 1.63. The highest BCUT2D eigenvalue weighted by molar-refractivity contribution is 5.90. The summed E-state index contributed by atoms with van der Waals surface area (Å²) in [7, 11) is 0. The van der Waals surface area contributed by atoms with E-state index in [9.17, 15) is 4.79 Å². The van der Waals surface area contributed by atoms with E-state index < -0.39 is 0 Å². The van der Waals surface area contributed by atoms with Crippen LogP contribution in [0.3, 0.4) is 0 Å². The fraction of sp³-hybridized carbons (Fsp3) is 0.556. The zero-order valence-corrected chi connectivity index (χ0v) is 7.09. The predicted octanol–water partition coefficient (Wildman–Crippen LogP) is 1.75. The minimum atomic E-state index is 0.214. The van der Waals surface area contributed by atoms with Gasteiger partial charge in [0.25, 0.3) is 0 Å². The maximum atomic E-state index is 10.8. The van der Waals surface area contributed by atoms with Crippen molar-refractivity contribution in [3.8, 4) is 0 Å². The topological polar surface area (TPSA) is 34.1 Å². The van der Waals surface area contributed by atoms with Gasteiger partial charge in [0.2, 0.25) is 0 Å². The lowest BCUT2D eigenvalue weighted by molar-refractivity contribution is -0.116. The van der Waals surface area contributed by atoms with E-state index in [4.69, 9.17) is 4.79 Å². The molecule has 0 amide bonds. The summed E-state index contributed by atoms with van der Waals surface area (Å²) in [6, 6.07) is 0. The van der Waals surface area contributed by atoms with Crippen LogP contribution >= 0.6 is 0 Å². The lowest BCUT2D eigenvalue weighted by Crippen LogP contribution is -2.18. The van der Waals surface area contributed by atoms with E-state index in [2.05, 4.69) is 13.8 Å². The van der Waals surface area contributed by atoms with Crippen molar-refractivity contribution >= 4 is 12.6 Å². The molecule has 0 aromatic rings. The van der Waals surface area contributed by atoms with Crippen LogP contribution in [0.4, 0.5) is 0 Å². The third-order valence-corrected chi connectivity index (χ3v) is 1.63. The minimum absolute atomic E-state index is 0.214. The number of hydrogen-bond donors (Lipinski definition) is 0. The quantitative estimate of drug-likeness (QED) is 0.532. The summed E-state index contributed by atoms with van der Waals surface area (Å²) in [4.78, 5) is 18.8. The number of rotatable bonds is 0. The minimum Gasteiger partial charge on any atom is -0.307 e. The molecule has 1 aliphatic carbocycles. The summed E-state index contributed by atoms with van der Waals surface area (Å²) < 4.78 is 0. The number of allylic oxidation sites excluding steroid dienone is 2. The fourth-order valence-corrected chi connectivity index (χ4v) is 1.11. The van der Waals surface area contributed by atoms with Crippen molar-refractivity contribution in [1.29, 1.82) is 0 Å². The molecule has 0 aliphatic heterocycles. The molecule has 0 N–H and O–H groups in total. The highest BCUT2D eigenvalue weighted by atomic mass is 16.1. The molecule has 0 aromatic carbocycles. The first-order valence-electron chi connectivity index (χ1n) is 3.58. The molecular formula is C9H14O2. The maximum Gasteiger partial charge on any atom is 0.155 e. The van der Waals surface area contributed by atoms with Crippen LogP contribution in [-0.2, 0) is 9.59 Å². The van der Waals surface area contributed by atoms with Gasteiger partial charge in [0.1, 0.15) is 6.79 Å². The van der Waals surface area contributed by atoms with E-state index in [0.29, 0.717) is 6.42 Å². The molecule has 1 aliphatic rings. The van der Waals surface area contributed by atoms with Crippen molar-refractivity contribution in [2.75, 3.05) is 0 Å². The number of carbonyl (C=O) groups is 2. The number of ketones is 1. The lowest BCUT2D eigenvalue weighted by atomic mass is 9.81. The largest absolute Gasteiger partial charge is 0.307 e. The molecule has 0 fully saturated rings. The van der Waals surface area contributed by atoms with Gasteiger partial charge in [-0.25, -0.2) is 0 Å². The van der Waals surface area contributed by atoms with Crippen LogP contribution in [0.25, 0.3) is 0 Å². The Balaban J connectivity index is 0.000000461. The van der Waals surface area contributed by atoms with Gasteiger partial charge in [0.05, 0.1) is 0 Å². The third kappa shape index (κ3) is 3.71. The second-order valence-corrected chi connectivity index (χ2v) is 3.41. The van der Waals surface area contributed by atoms with Gasteiger partial charge >= 0.3 is 0 Å². The summed E-state index contributed by atoms with van der Waals surface area (Å²) in [5, 5.41) is 0. The molecule has 0 bridgehead atoms. The van der Waals surface area contributed by atoms with Crippen LogP contribution in [0.15, 0.2) is 12.2 Å². The van der Waals surface area contributed by atoms with E-state index in [0.717, 1.165) is 6.42 Å². The monoisotopic (exact) mass is 154 g/mol. The van der Waals surface area contributed by atoms with Crippen molar-refractivity contribution in [1.82, 2.24) is 0 Å². The molecule has 0 atom stereocenters. The van der Waals surface area contributed by atoms with Crippen LogP contribution in [0, 0.1) is 5.41 Å². The smallest absolute Gasteiger partial charge is 0.155 e. The van der Waals surface area contributed by atoms with Gasteiger partial charge in [-0.05, 0) is 17.9 Å². The molecule has 0 aromatic heterocycles. The van der Waals surface area contributed by atoms with E-state index in [1.807, 2.05) is 12.9 Å². The van der Waals surface area contributed by atoms with Gasteiger partial charge in [-0.1, -0.05) is 19.9 Å². The second kappa shape index (κ2) is 4.06. The van der Waals surface area contributed by atoms with Crippen molar-refractivity contribution in [3.05, 3.63) is 12.2 Å². The Labute approximate surface area is 67.3 Å². The summed E-state index contributed by atoms with van der Waals surface area (Å²) in [5.74, 6) is 0.270. The molecule has 0 saturated carbocycles. The average molecular weight is 154 g/mol. The molecule has 62 valence electrons. The van der Waals surface area contributed by atoms with Crippen LogP contribution in [0.5, 0.6) is 0 Å². The van der Waals surface area contributed by atoms with Crippen molar-refractivity contribution in [3.63, 3.8) is 0 Å². The van der Waals surface area contributed by atoms with Crippen LogP contribution in [0.1, 0.15) is 26.7 Å². The molecule has 0 saturated heterocycles. The first-order chi connectivity index (χ1) is 5.10. The predicted molar refractivity (Wildman–Crippen MR) is 44.3 cm³/mol. The first kappa shape index (κ1) is 10.1. The summed E-state index contributed by atoms with van der Waals surface area (Å²) in [6.45, 7) is 6.24. The van der Waals surface area contributed by atoms with Gasteiger partial charge in [0, 0.05) is 6.42 Å². The van der Waals surface area contributed by atoms with Gasteiger partial charge in [-0.15, -0.1) is 0 Å². The van der Waals surface area contributed by atoms with Crippen LogP contribution < -0.4 is 0 Å². The van der Waals surface area contributed by atoms with E-state index >= 15 is 0 Å². The molecule has 1 rings (SSSR count). The van der Waals surface area contributed by atoms with Crippen molar-refractivity contribution in [2.24, 2.45) is 5.41 Å². The summed E-state index contributed by atoms with van der Waals surface area (Å²) in [6.07, 6.45) is 5.40. The van der Waals surface area contributed by atoms with Crippen molar-refractivity contribution in [2.45, 2.75) is 26.7 Å². The van der Waals surface area contributed by atoms with Gasteiger partial charge < -0.3 is 4.79 Å². The normalized spacial score (nSPS) is 20.4. The highest BCUT2D eigenvalue weighted by Crippen LogP contribution is 2.28. The summed E-state index contributed by atoms with van der Waals surface area (Å²) >= 11 is 0. The second-order valence-electron chi connectivity index (χ2n) is 3.41.